The number of amides is 1. The molecule has 2 aliphatic heterocycles. The van der Waals surface area contributed by atoms with Crippen molar-refractivity contribution in [3.8, 4) is 0 Å². The minimum absolute atomic E-state index is 0.109. The van der Waals surface area contributed by atoms with Crippen molar-refractivity contribution in [3.05, 3.63) is 54.3 Å². The molecule has 5 aromatic rings. The van der Waals surface area contributed by atoms with Crippen LogP contribution < -0.4 is 15.1 Å². The summed E-state index contributed by atoms with van der Waals surface area (Å²) in [5.74, 6) is 1.46. The topological polar surface area (TPSA) is 131 Å². The van der Waals surface area contributed by atoms with Crippen molar-refractivity contribution in [2.75, 3.05) is 36.0 Å². The van der Waals surface area contributed by atoms with Crippen molar-refractivity contribution in [2.24, 2.45) is 12.5 Å². The summed E-state index contributed by atoms with van der Waals surface area (Å²) in [6.07, 6.45) is 11.2. The summed E-state index contributed by atoms with van der Waals surface area (Å²) < 4.78 is 9.39. The molecule has 1 N–H and O–H groups in total. The van der Waals surface area contributed by atoms with Crippen LogP contribution in [0, 0.1) is 5.41 Å². The summed E-state index contributed by atoms with van der Waals surface area (Å²) in [5, 5.41) is 17.9. The average Bonchev–Trinajstić information content (AvgIpc) is 3.67. The van der Waals surface area contributed by atoms with Gasteiger partial charge in [-0.2, -0.15) is 5.10 Å². The van der Waals surface area contributed by atoms with Gasteiger partial charge in [0.05, 0.1) is 21.5 Å². The number of piperidine rings is 2. The van der Waals surface area contributed by atoms with Crippen LogP contribution in [0.15, 0.2) is 59.1 Å². The van der Waals surface area contributed by atoms with E-state index in [9.17, 15) is 4.79 Å². The normalized spacial score (nSPS) is 18.4. The van der Waals surface area contributed by atoms with Gasteiger partial charge in [0, 0.05) is 68.3 Å². The number of hydrogen-bond donors (Lipinski definition) is 1. The maximum Gasteiger partial charge on any atom is 0.407 e. The van der Waals surface area contributed by atoms with E-state index < -0.39 is 11.7 Å². The van der Waals surface area contributed by atoms with Crippen molar-refractivity contribution in [1.29, 1.82) is 0 Å². The van der Waals surface area contributed by atoms with Crippen LogP contribution in [0.1, 0.15) is 40.0 Å². The predicted octanol–water partition coefficient (Wildman–Crippen LogP) is 5.00. The molecule has 2 saturated heterocycles. The maximum atomic E-state index is 13.0. The van der Waals surface area contributed by atoms with Gasteiger partial charge in [-0.15, -0.1) is 10.2 Å². The van der Waals surface area contributed by atoms with E-state index in [1.807, 2.05) is 62.8 Å². The zero-order valence-corrected chi connectivity index (χ0v) is 27.8. The molecule has 7 rings (SSSR count). The molecule has 46 heavy (non-hydrogen) atoms. The van der Waals surface area contributed by atoms with Gasteiger partial charge in [0.1, 0.15) is 11.9 Å². The lowest BCUT2D eigenvalue weighted by Gasteiger charge is -2.51. The third kappa shape index (κ3) is 5.91. The fourth-order valence-electron chi connectivity index (χ4n) is 6.52. The van der Waals surface area contributed by atoms with E-state index in [0.717, 1.165) is 71.2 Å². The first-order chi connectivity index (χ1) is 22.1. The van der Waals surface area contributed by atoms with E-state index in [-0.39, 0.29) is 11.5 Å². The summed E-state index contributed by atoms with van der Waals surface area (Å²) in [5.41, 5.74) is 0.874. The van der Waals surface area contributed by atoms with Gasteiger partial charge in [-0.25, -0.2) is 24.1 Å². The molecule has 1 unspecified atom stereocenters. The quantitative estimate of drug-likeness (QED) is 0.273. The number of anilines is 2. The third-order valence-corrected chi connectivity index (χ3v) is 10.4. The molecule has 1 amide bonds. The molecule has 15 heteroatoms. The molecule has 2 aliphatic rings. The van der Waals surface area contributed by atoms with Gasteiger partial charge in [-0.1, -0.05) is 23.4 Å². The van der Waals surface area contributed by atoms with Crippen LogP contribution in [0.2, 0.25) is 5.02 Å². The van der Waals surface area contributed by atoms with Gasteiger partial charge in [0.2, 0.25) is 11.9 Å². The second-order valence-electron chi connectivity index (χ2n) is 13.0. The molecule has 4 aromatic heterocycles. The highest BCUT2D eigenvalue weighted by Gasteiger charge is 2.47. The second kappa shape index (κ2) is 11.9. The van der Waals surface area contributed by atoms with Crippen molar-refractivity contribution in [3.63, 3.8) is 0 Å². The Morgan fingerprint density at radius 3 is 2.54 bits per heavy atom. The van der Waals surface area contributed by atoms with Crippen LogP contribution >= 0.6 is 23.4 Å². The smallest absolute Gasteiger partial charge is 0.407 e. The zero-order chi connectivity index (χ0) is 32.1. The third-order valence-electron chi connectivity index (χ3n) is 8.79. The first kappa shape index (κ1) is 30.5. The minimum atomic E-state index is -0.589. The highest BCUT2D eigenvalue weighted by Crippen LogP contribution is 2.44. The van der Waals surface area contributed by atoms with Crippen molar-refractivity contribution in [2.45, 2.75) is 61.5 Å². The monoisotopic (exact) mass is 661 g/mol. The lowest BCUT2D eigenvalue weighted by Crippen LogP contribution is -2.62. The van der Waals surface area contributed by atoms with Crippen LogP contribution in [0.5, 0.6) is 0 Å². The van der Waals surface area contributed by atoms with E-state index in [0.29, 0.717) is 17.5 Å². The summed E-state index contributed by atoms with van der Waals surface area (Å²) >= 11 is 8.30. The summed E-state index contributed by atoms with van der Waals surface area (Å²) in [6, 6.07) is 5.62. The Hall–Kier alpha value is -4.17. The number of rotatable bonds is 5. The first-order valence-electron chi connectivity index (χ1n) is 15.3. The fourth-order valence-corrected chi connectivity index (χ4v) is 7.75. The van der Waals surface area contributed by atoms with Gasteiger partial charge < -0.3 is 19.9 Å². The van der Waals surface area contributed by atoms with Crippen molar-refractivity contribution in [1.82, 2.24) is 44.6 Å². The molecule has 0 bridgehead atoms. The Morgan fingerprint density at radius 1 is 1.07 bits per heavy atom. The number of carbonyl (C=O) groups excluding carboxylic acids is 1. The number of benzene rings is 1. The number of ether oxygens (including phenoxy) is 1. The molecule has 13 nitrogen and oxygen atoms in total. The van der Waals surface area contributed by atoms with Gasteiger partial charge in [0.15, 0.2) is 5.65 Å². The standard InChI is InChI=1S/C31H36ClN11O2S/c1-30(2,3)45-29(44)37-24-18-42(27-33-11-5-12-34-27)15-10-31(24)8-13-41(14-9-31)28-35-16-23(26-38-36-19-43(26)28)46-22-7-6-21-20(25(22)32)17-40(4)39-21/h5-7,11-12,16-17,19,24H,8-10,13-15,18H2,1-4H3,(H,37,44). The second-order valence-corrected chi connectivity index (χ2v) is 14.4. The van der Waals surface area contributed by atoms with Crippen LogP contribution in [0.4, 0.5) is 16.7 Å². The molecule has 1 atom stereocenters. The molecule has 0 aliphatic carbocycles. The molecular formula is C31H36ClN11O2S. The number of nitrogens with zero attached hydrogens (tertiary/aromatic N) is 10. The largest absolute Gasteiger partial charge is 0.444 e. The zero-order valence-electron chi connectivity index (χ0n) is 26.2. The van der Waals surface area contributed by atoms with E-state index in [2.05, 4.69) is 40.4 Å². The number of nitrogens with one attached hydrogen (secondary N) is 1. The highest BCUT2D eigenvalue weighted by atomic mass is 35.5. The van der Waals surface area contributed by atoms with Crippen LogP contribution in [0.25, 0.3) is 16.6 Å². The number of halogens is 1. The molecule has 240 valence electrons. The number of aromatic nitrogens is 8. The molecule has 2 fully saturated rings. The summed E-state index contributed by atoms with van der Waals surface area (Å²) in [6.45, 7) is 8.59. The van der Waals surface area contributed by atoms with E-state index >= 15 is 0 Å². The Bertz CT molecular complexity index is 1880. The number of fused-ring (bicyclic) bond motifs is 2. The van der Waals surface area contributed by atoms with Gasteiger partial charge in [-0.3, -0.25) is 4.68 Å². The number of aryl methyl sites for hydroxylation is 1. The molecule has 1 spiro atoms. The number of hydrogen-bond acceptors (Lipinski definition) is 11. The van der Waals surface area contributed by atoms with Gasteiger partial charge >= 0.3 is 6.09 Å². The molecule has 1 aromatic carbocycles. The maximum absolute atomic E-state index is 13.0. The Morgan fingerprint density at radius 2 is 1.80 bits per heavy atom. The average molecular weight is 662 g/mol. The SMILES string of the molecule is Cn1cc2c(Cl)c(Sc3cnc(N4CCC5(CCN(c6ncccn6)CC5NC(=O)OC(C)(C)C)CC4)n4cnnc34)ccc2n1. The first-order valence-corrected chi connectivity index (χ1v) is 16.5. The Labute approximate surface area is 275 Å². The summed E-state index contributed by atoms with van der Waals surface area (Å²) in [7, 11) is 1.88. The van der Waals surface area contributed by atoms with Crippen LogP contribution in [-0.2, 0) is 11.8 Å². The van der Waals surface area contributed by atoms with Gasteiger partial charge in [0.25, 0.3) is 0 Å². The molecule has 0 saturated carbocycles. The molecule has 6 heterocycles. The van der Waals surface area contributed by atoms with E-state index in [1.54, 1.807) is 23.4 Å². The number of alkyl carbamates (subject to hydrolysis) is 1. The number of carbonyl (C=O) groups is 1. The molecular weight excluding hydrogens is 626 g/mol. The highest BCUT2D eigenvalue weighted by molar-refractivity contribution is 7.99. The van der Waals surface area contributed by atoms with Crippen LogP contribution in [0.3, 0.4) is 0 Å². The Balaban J connectivity index is 1.10. The van der Waals surface area contributed by atoms with Crippen molar-refractivity contribution < 1.29 is 9.53 Å². The van der Waals surface area contributed by atoms with Crippen LogP contribution in [-0.4, -0.2) is 83.2 Å². The predicted molar refractivity (Wildman–Crippen MR) is 177 cm³/mol. The Kier molecular flexibility index (Phi) is 7.87. The minimum Gasteiger partial charge on any atom is -0.444 e. The van der Waals surface area contributed by atoms with Crippen molar-refractivity contribution >= 4 is 57.9 Å². The fraction of sp³-hybridized carbons (Fsp3) is 0.452. The molecule has 0 radical (unpaired) electrons. The lowest BCUT2D eigenvalue weighted by molar-refractivity contribution is 0.0378. The van der Waals surface area contributed by atoms with E-state index in [4.69, 9.17) is 21.3 Å². The van der Waals surface area contributed by atoms with Gasteiger partial charge in [-0.05, 0) is 63.6 Å². The summed E-state index contributed by atoms with van der Waals surface area (Å²) in [4.78, 5) is 33.0. The van der Waals surface area contributed by atoms with E-state index in [1.165, 1.54) is 11.8 Å². The lowest BCUT2D eigenvalue weighted by atomic mass is 9.68.